The van der Waals surface area contributed by atoms with Crippen LogP contribution in [0.15, 0.2) is 23.2 Å². The van der Waals surface area contributed by atoms with Crippen LogP contribution < -0.4 is 5.32 Å². The lowest BCUT2D eigenvalue weighted by Crippen LogP contribution is -2.40. The van der Waals surface area contributed by atoms with Crippen LogP contribution in [0.4, 0.5) is 4.39 Å². The molecule has 0 radical (unpaired) electrons. The van der Waals surface area contributed by atoms with Crippen LogP contribution in [-0.4, -0.2) is 44.2 Å². The number of aryl methyl sites for hydroxylation is 1. The molecular formula is C19H31FIN3O. The van der Waals surface area contributed by atoms with E-state index in [1.165, 1.54) is 0 Å². The summed E-state index contributed by atoms with van der Waals surface area (Å²) in [4.78, 5) is 6.83. The minimum atomic E-state index is -0.166. The van der Waals surface area contributed by atoms with Gasteiger partial charge in [-0.25, -0.2) is 9.38 Å². The van der Waals surface area contributed by atoms with E-state index in [1.54, 1.807) is 13.0 Å². The second-order valence-corrected chi connectivity index (χ2v) is 6.52. The number of ether oxygens (including phenoxy) is 1. The zero-order valence-electron chi connectivity index (χ0n) is 15.6. The van der Waals surface area contributed by atoms with Gasteiger partial charge in [0.2, 0.25) is 0 Å². The van der Waals surface area contributed by atoms with E-state index in [9.17, 15) is 4.39 Å². The Morgan fingerprint density at radius 1 is 1.36 bits per heavy atom. The van der Waals surface area contributed by atoms with Gasteiger partial charge < -0.3 is 15.0 Å². The fourth-order valence-electron chi connectivity index (χ4n) is 2.89. The Bertz CT molecular complexity index is 547. The lowest BCUT2D eigenvalue weighted by atomic mass is 9.96. The van der Waals surface area contributed by atoms with Gasteiger partial charge in [-0.2, -0.15) is 0 Å². The Hall–Kier alpha value is -0.890. The normalized spacial score (nSPS) is 15.6. The molecule has 0 atom stereocenters. The Morgan fingerprint density at radius 2 is 2.08 bits per heavy atom. The first kappa shape index (κ1) is 22.2. The van der Waals surface area contributed by atoms with E-state index in [0.717, 1.165) is 63.0 Å². The summed E-state index contributed by atoms with van der Waals surface area (Å²) in [6.45, 7) is 7.90. The van der Waals surface area contributed by atoms with Gasteiger partial charge in [0, 0.05) is 33.4 Å². The molecule has 0 aromatic heterocycles. The summed E-state index contributed by atoms with van der Waals surface area (Å²) in [6.07, 6.45) is 3.47. The smallest absolute Gasteiger partial charge is 0.193 e. The van der Waals surface area contributed by atoms with Gasteiger partial charge in [0.1, 0.15) is 5.82 Å². The topological polar surface area (TPSA) is 36.9 Å². The van der Waals surface area contributed by atoms with E-state index >= 15 is 0 Å². The number of nitrogens with zero attached hydrogens (tertiary/aromatic N) is 2. The number of benzene rings is 1. The number of guanidine groups is 1. The fourth-order valence-corrected chi connectivity index (χ4v) is 2.89. The average molecular weight is 463 g/mol. The minimum Gasteiger partial charge on any atom is -0.381 e. The molecule has 0 amide bonds. The Kier molecular flexibility index (Phi) is 10.3. The molecule has 1 N–H and O–H groups in total. The molecule has 1 aliphatic rings. The number of halogens is 2. The first-order valence-corrected chi connectivity index (χ1v) is 8.92. The molecule has 0 unspecified atom stereocenters. The van der Waals surface area contributed by atoms with Crippen molar-refractivity contribution in [3.8, 4) is 0 Å². The first-order chi connectivity index (χ1) is 11.6. The molecule has 1 aromatic rings. The van der Waals surface area contributed by atoms with Gasteiger partial charge in [0.25, 0.3) is 0 Å². The molecule has 1 fully saturated rings. The highest BCUT2D eigenvalue weighted by Gasteiger charge is 2.15. The molecule has 0 saturated carbocycles. The third kappa shape index (κ3) is 7.48. The van der Waals surface area contributed by atoms with Crippen molar-refractivity contribution in [3.63, 3.8) is 0 Å². The maximum Gasteiger partial charge on any atom is 0.193 e. The molecule has 1 aromatic carbocycles. The van der Waals surface area contributed by atoms with E-state index < -0.39 is 0 Å². The summed E-state index contributed by atoms with van der Waals surface area (Å²) < 4.78 is 19.1. The van der Waals surface area contributed by atoms with Gasteiger partial charge in [0.05, 0.1) is 6.54 Å². The van der Waals surface area contributed by atoms with Crippen molar-refractivity contribution >= 4 is 29.9 Å². The molecule has 25 heavy (non-hydrogen) atoms. The summed E-state index contributed by atoms with van der Waals surface area (Å²) in [5, 5.41) is 3.32. The Balaban J connectivity index is 0.00000312. The van der Waals surface area contributed by atoms with Gasteiger partial charge >= 0.3 is 0 Å². The molecule has 142 valence electrons. The van der Waals surface area contributed by atoms with Crippen molar-refractivity contribution in [1.29, 1.82) is 0 Å². The summed E-state index contributed by atoms with van der Waals surface area (Å²) >= 11 is 0. The maximum atomic E-state index is 13.7. The summed E-state index contributed by atoms with van der Waals surface area (Å²) in [7, 11) is 2.07. The molecule has 1 aliphatic heterocycles. The summed E-state index contributed by atoms with van der Waals surface area (Å²) in [5.41, 5.74) is 1.56. The molecule has 0 spiro atoms. The van der Waals surface area contributed by atoms with Crippen molar-refractivity contribution in [2.75, 3.05) is 33.4 Å². The number of rotatable bonds is 6. The van der Waals surface area contributed by atoms with E-state index in [1.807, 2.05) is 12.1 Å². The van der Waals surface area contributed by atoms with E-state index in [4.69, 9.17) is 4.74 Å². The van der Waals surface area contributed by atoms with Crippen molar-refractivity contribution in [2.24, 2.45) is 10.9 Å². The van der Waals surface area contributed by atoms with Gasteiger partial charge in [-0.15, -0.1) is 24.0 Å². The van der Waals surface area contributed by atoms with Gasteiger partial charge in [0.15, 0.2) is 5.96 Å². The van der Waals surface area contributed by atoms with Crippen molar-refractivity contribution in [3.05, 3.63) is 35.1 Å². The van der Waals surface area contributed by atoms with Crippen LogP contribution in [0, 0.1) is 18.7 Å². The molecular weight excluding hydrogens is 432 g/mol. The molecule has 6 heteroatoms. The molecule has 0 aliphatic carbocycles. The average Bonchev–Trinajstić information content (AvgIpc) is 2.60. The van der Waals surface area contributed by atoms with Crippen LogP contribution in [0.3, 0.4) is 0 Å². The van der Waals surface area contributed by atoms with E-state index in [2.05, 4.69) is 29.2 Å². The Morgan fingerprint density at radius 3 is 2.72 bits per heavy atom. The van der Waals surface area contributed by atoms with Crippen LogP contribution in [-0.2, 0) is 11.3 Å². The maximum absolute atomic E-state index is 13.7. The third-order valence-electron chi connectivity index (χ3n) is 4.56. The highest BCUT2D eigenvalue weighted by molar-refractivity contribution is 14.0. The van der Waals surface area contributed by atoms with Crippen LogP contribution in [0.1, 0.15) is 37.3 Å². The Labute approximate surface area is 168 Å². The molecule has 2 rings (SSSR count). The standard InChI is InChI=1S/C19H30FN3O.HI/c1-4-21-19(22-14-17-6-5-15(2)18(20)13-17)23(3)10-7-16-8-11-24-12-9-16;/h5-6,13,16H,4,7-12,14H2,1-3H3,(H,21,22);1H. The van der Waals surface area contributed by atoms with Crippen molar-refractivity contribution in [1.82, 2.24) is 10.2 Å². The van der Waals surface area contributed by atoms with Crippen molar-refractivity contribution < 1.29 is 9.13 Å². The van der Waals surface area contributed by atoms with Gasteiger partial charge in [-0.1, -0.05) is 12.1 Å². The number of hydrogen-bond donors (Lipinski definition) is 1. The van der Waals surface area contributed by atoms with E-state index in [-0.39, 0.29) is 29.8 Å². The van der Waals surface area contributed by atoms with Gasteiger partial charge in [-0.05, 0) is 56.2 Å². The van der Waals surface area contributed by atoms with Crippen LogP contribution >= 0.6 is 24.0 Å². The predicted molar refractivity (Wildman–Crippen MR) is 112 cm³/mol. The lowest BCUT2D eigenvalue weighted by molar-refractivity contribution is 0.0625. The highest BCUT2D eigenvalue weighted by Crippen LogP contribution is 2.18. The summed E-state index contributed by atoms with van der Waals surface area (Å²) in [5.74, 6) is 1.46. The SMILES string of the molecule is CCNC(=NCc1ccc(C)c(F)c1)N(C)CCC1CCOCC1.I. The highest BCUT2D eigenvalue weighted by atomic mass is 127. The summed E-state index contributed by atoms with van der Waals surface area (Å²) in [6, 6.07) is 5.32. The van der Waals surface area contributed by atoms with Gasteiger partial charge in [-0.3, -0.25) is 0 Å². The number of hydrogen-bond acceptors (Lipinski definition) is 2. The molecule has 4 nitrogen and oxygen atoms in total. The van der Waals surface area contributed by atoms with Crippen LogP contribution in [0.25, 0.3) is 0 Å². The zero-order chi connectivity index (χ0) is 17.4. The molecule has 0 bridgehead atoms. The largest absolute Gasteiger partial charge is 0.381 e. The fraction of sp³-hybridized carbons (Fsp3) is 0.632. The quantitative estimate of drug-likeness (QED) is 0.394. The zero-order valence-corrected chi connectivity index (χ0v) is 17.9. The molecule has 1 heterocycles. The second-order valence-electron chi connectivity index (χ2n) is 6.52. The lowest BCUT2D eigenvalue weighted by Gasteiger charge is -2.26. The minimum absolute atomic E-state index is 0. The monoisotopic (exact) mass is 463 g/mol. The molecule has 1 saturated heterocycles. The third-order valence-corrected chi connectivity index (χ3v) is 4.56. The van der Waals surface area contributed by atoms with Crippen LogP contribution in [0.5, 0.6) is 0 Å². The van der Waals surface area contributed by atoms with Crippen LogP contribution in [0.2, 0.25) is 0 Å². The first-order valence-electron chi connectivity index (χ1n) is 8.92. The van der Waals surface area contributed by atoms with E-state index in [0.29, 0.717) is 12.1 Å². The second kappa shape index (κ2) is 11.7. The van der Waals surface area contributed by atoms with Crippen molar-refractivity contribution in [2.45, 2.75) is 39.7 Å². The predicted octanol–water partition coefficient (Wildman–Crippen LogP) is 3.97. The number of nitrogens with one attached hydrogen (secondary N) is 1. The number of aliphatic imine (C=N–C) groups is 1.